The Morgan fingerprint density at radius 2 is 0.541 bits per heavy atom. The topological polar surface area (TPSA) is 237 Å². The normalized spacial score (nSPS) is 14.3. The monoisotopic (exact) mass is 1250 g/mol. The summed E-state index contributed by atoms with van der Waals surface area (Å²) in [5, 5.41) is 10.5. The summed E-state index contributed by atoms with van der Waals surface area (Å²) in [6.07, 6.45) is 39.3. The fourth-order valence-electron chi connectivity index (χ4n) is 9.83. The minimum atomic E-state index is -4.95. The Bertz CT molecular complexity index is 1680. The van der Waals surface area contributed by atoms with Gasteiger partial charge in [0.25, 0.3) is 0 Å². The van der Waals surface area contributed by atoms with Gasteiger partial charge < -0.3 is 33.8 Å². The summed E-state index contributed by atoms with van der Waals surface area (Å²) >= 11 is 0. The Morgan fingerprint density at radius 1 is 0.318 bits per heavy atom. The molecule has 0 saturated carbocycles. The average molecular weight is 1260 g/mol. The maximum atomic E-state index is 13.0. The van der Waals surface area contributed by atoms with Crippen LogP contribution >= 0.6 is 15.6 Å². The first-order valence-corrected chi connectivity index (χ1v) is 37.3. The van der Waals surface area contributed by atoms with Gasteiger partial charge in [-0.25, -0.2) is 9.13 Å². The molecule has 0 aliphatic rings. The molecule has 17 nitrogen and oxygen atoms in total. The van der Waals surface area contributed by atoms with Gasteiger partial charge in [-0.3, -0.25) is 37.3 Å². The maximum absolute atomic E-state index is 13.0. The van der Waals surface area contributed by atoms with E-state index in [1.165, 1.54) is 128 Å². The third kappa shape index (κ3) is 60.7. The van der Waals surface area contributed by atoms with Crippen LogP contribution in [0.3, 0.4) is 0 Å². The van der Waals surface area contributed by atoms with E-state index in [9.17, 15) is 43.2 Å². The number of aliphatic hydroxyl groups excluding tert-OH is 1. The molecule has 5 atom stereocenters. The van der Waals surface area contributed by atoms with E-state index in [0.717, 1.165) is 102 Å². The zero-order chi connectivity index (χ0) is 63.1. The van der Waals surface area contributed by atoms with Crippen molar-refractivity contribution in [2.75, 3.05) is 39.6 Å². The van der Waals surface area contributed by atoms with Gasteiger partial charge in [0.2, 0.25) is 0 Å². The van der Waals surface area contributed by atoms with Gasteiger partial charge in [0.1, 0.15) is 19.3 Å². The molecule has 19 heteroatoms. The standard InChI is InChI=1S/C66H128O17P2/c1-8-9-10-11-12-20-24-33-40-47-63(68)76-53-62(83-66(71)50-43-36-29-27-32-39-46-59(6)7)56-81-85(74,75)79-52-60(67)51-78-84(72,73)80-55-61(54-77-64(69)48-41-34-28-26-31-38-45-58(4)5)82-65(70)49-42-35-25-22-19-17-15-13-14-16-18-21-23-30-37-44-57(2)3/h57-62,67H,8-56H2,1-7H3,(H,72,73)(H,74,75)/t60-,61-,62-/m1/s1. The van der Waals surface area contributed by atoms with E-state index >= 15 is 0 Å². The molecular formula is C66H128O17P2. The Hall–Kier alpha value is -1.94. The van der Waals surface area contributed by atoms with Crippen molar-refractivity contribution in [3.63, 3.8) is 0 Å². The van der Waals surface area contributed by atoms with E-state index in [2.05, 4.69) is 48.5 Å². The van der Waals surface area contributed by atoms with E-state index in [1.54, 1.807) is 0 Å². The van der Waals surface area contributed by atoms with E-state index < -0.39 is 97.5 Å². The molecule has 0 fully saturated rings. The number of unbranched alkanes of at least 4 members (excludes halogenated alkanes) is 32. The van der Waals surface area contributed by atoms with Gasteiger partial charge in [-0.15, -0.1) is 0 Å². The number of carbonyl (C=O) groups excluding carboxylic acids is 4. The third-order valence-electron chi connectivity index (χ3n) is 15.1. The fourth-order valence-corrected chi connectivity index (χ4v) is 11.4. The average Bonchev–Trinajstić information content (AvgIpc) is 3.55. The van der Waals surface area contributed by atoms with Crippen molar-refractivity contribution in [3.8, 4) is 0 Å². The van der Waals surface area contributed by atoms with Crippen LogP contribution in [0.25, 0.3) is 0 Å². The molecule has 0 radical (unpaired) electrons. The molecule has 85 heavy (non-hydrogen) atoms. The van der Waals surface area contributed by atoms with Crippen LogP contribution in [0.5, 0.6) is 0 Å². The molecule has 0 aromatic heterocycles. The molecule has 504 valence electrons. The fraction of sp³-hybridized carbons (Fsp3) is 0.939. The minimum absolute atomic E-state index is 0.102. The molecule has 0 aliphatic carbocycles. The summed E-state index contributed by atoms with van der Waals surface area (Å²) in [5.41, 5.74) is 0. The Labute approximate surface area is 517 Å². The lowest BCUT2D eigenvalue weighted by atomic mass is 10.0. The SMILES string of the molecule is CCCCCCCCCCCC(=O)OC[C@H](COP(=O)(O)OC[C@H](O)COP(=O)(O)OC[C@@H](COC(=O)CCCCCCCCC(C)C)OC(=O)CCCCCCCCCCCCCCCCCC(C)C)OC(=O)CCCCCCCCC(C)C. The molecule has 0 amide bonds. The van der Waals surface area contributed by atoms with Crippen LogP contribution in [0.15, 0.2) is 0 Å². The summed E-state index contributed by atoms with van der Waals surface area (Å²) in [5.74, 6) is 0.0118. The highest BCUT2D eigenvalue weighted by Gasteiger charge is 2.30. The highest BCUT2D eigenvalue weighted by molar-refractivity contribution is 7.47. The molecule has 0 spiro atoms. The predicted octanol–water partition coefficient (Wildman–Crippen LogP) is 18.3. The van der Waals surface area contributed by atoms with Crippen LogP contribution in [-0.2, 0) is 65.4 Å². The second-order valence-electron chi connectivity index (χ2n) is 25.3. The van der Waals surface area contributed by atoms with Crippen LogP contribution in [0.2, 0.25) is 0 Å². The second-order valence-corrected chi connectivity index (χ2v) is 28.2. The number of phosphoric acid groups is 2. The Kier molecular flexibility index (Phi) is 55.9. The van der Waals surface area contributed by atoms with Crippen molar-refractivity contribution in [2.24, 2.45) is 17.8 Å². The number of hydrogen-bond acceptors (Lipinski definition) is 15. The quantitative estimate of drug-likeness (QED) is 0.0222. The summed E-state index contributed by atoms with van der Waals surface area (Å²) in [6, 6.07) is 0. The van der Waals surface area contributed by atoms with Gasteiger partial charge in [-0.1, -0.05) is 273 Å². The summed E-state index contributed by atoms with van der Waals surface area (Å²) in [4.78, 5) is 72.2. The molecule has 0 aromatic carbocycles. The smallest absolute Gasteiger partial charge is 0.462 e. The molecule has 0 rings (SSSR count). The highest BCUT2D eigenvalue weighted by atomic mass is 31.2. The first kappa shape index (κ1) is 83.1. The second kappa shape index (κ2) is 57.2. The summed E-state index contributed by atoms with van der Waals surface area (Å²) in [6.45, 7) is 11.6. The molecular weight excluding hydrogens is 1130 g/mol. The zero-order valence-corrected chi connectivity index (χ0v) is 56.9. The number of phosphoric ester groups is 2. The lowest BCUT2D eigenvalue weighted by Gasteiger charge is -2.21. The number of rotatable bonds is 64. The van der Waals surface area contributed by atoms with Gasteiger partial charge in [0.15, 0.2) is 12.2 Å². The van der Waals surface area contributed by atoms with Crippen molar-refractivity contribution in [1.29, 1.82) is 0 Å². The molecule has 0 heterocycles. The first-order chi connectivity index (χ1) is 40.7. The molecule has 2 unspecified atom stereocenters. The van der Waals surface area contributed by atoms with Gasteiger partial charge in [-0.2, -0.15) is 0 Å². The van der Waals surface area contributed by atoms with Gasteiger partial charge in [0, 0.05) is 25.7 Å². The van der Waals surface area contributed by atoms with Crippen LogP contribution in [0.1, 0.15) is 325 Å². The Balaban J connectivity index is 5.17. The lowest BCUT2D eigenvalue weighted by Crippen LogP contribution is -2.30. The van der Waals surface area contributed by atoms with E-state index in [0.29, 0.717) is 37.5 Å². The molecule has 0 aromatic rings. The number of ether oxygens (including phenoxy) is 4. The maximum Gasteiger partial charge on any atom is 0.472 e. The van der Waals surface area contributed by atoms with Gasteiger partial charge in [-0.05, 0) is 43.4 Å². The Morgan fingerprint density at radius 3 is 0.800 bits per heavy atom. The van der Waals surface area contributed by atoms with Crippen LogP contribution in [-0.4, -0.2) is 96.7 Å². The number of aliphatic hydroxyl groups is 1. The lowest BCUT2D eigenvalue weighted by molar-refractivity contribution is -0.161. The van der Waals surface area contributed by atoms with Crippen LogP contribution in [0, 0.1) is 17.8 Å². The number of hydrogen-bond donors (Lipinski definition) is 3. The van der Waals surface area contributed by atoms with E-state index in [4.69, 9.17) is 37.0 Å². The predicted molar refractivity (Wildman–Crippen MR) is 340 cm³/mol. The van der Waals surface area contributed by atoms with Crippen LogP contribution < -0.4 is 0 Å². The van der Waals surface area contributed by atoms with Crippen molar-refractivity contribution >= 4 is 39.5 Å². The summed E-state index contributed by atoms with van der Waals surface area (Å²) in [7, 11) is -9.89. The first-order valence-electron chi connectivity index (χ1n) is 34.3. The van der Waals surface area contributed by atoms with E-state index in [-0.39, 0.29) is 25.7 Å². The molecule has 0 aliphatic heterocycles. The molecule has 0 saturated heterocycles. The highest BCUT2D eigenvalue weighted by Crippen LogP contribution is 2.45. The third-order valence-corrected chi connectivity index (χ3v) is 17.0. The largest absolute Gasteiger partial charge is 0.472 e. The van der Waals surface area contributed by atoms with E-state index in [1.807, 2.05) is 0 Å². The van der Waals surface area contributed by atoms with Gasteiger partial charge >= 0.3 is 39.5 Å². The van der Waals surface area contributed by atoms with Crippen molar-refractivity contribution in [2.45, 2.75) is 343 Å². The minimum Gasteiger partial charge on any atom is -0.462 e. The van der Waals surface area contributed by atoms with Crippen molar-refractivity contribution in [1.82, 2.24) is 0 Å². The van der Waals surface area contributed by atoms with Gasteiger partial charge in [0.05, 0.1) is 26.4 Å². The molecule has 3 N–H and O–H groups in total. The number of carbonyl (C=O) groups is 4. The number of esters is 4. The van der Waals surface area contributed by atoms with Crippen molar-refractivity contribution < 1.29 is 80.2 Å². The van der Waals surface area contributed by atoms with Crippen LogP contribution in [0.4, 0.5) is 0 Å². The molecule has 0 bridgehead atoms. The van der Waals surface area contributed by atoms with Crippen molar-refractivity contribution in [3.05, 3.63) is 0 Å². The summed E-state index contributed by atoms with van der Waals surface area (Å²) < 4.78 is 68.0. The zero-order valence-electron chi connectivity index (χ0n) is 55.1.